The van der Waals surface area contributed by atoms with E-state index >= 15 is 0 Å². The predicted octanol–water partition coefficient (Wildman–Crippen LogP) is 1.26. The molecule has 0 aliphatic carbocycles. The summed E-state index contributed by atoms with van der Waals surface area (Å²) in [6.07, 6.45) is 0. The van der Waals surface area contributed by atoms with Crippen molar-refractivity contribution in [2.24, 2.45) is 0 Å². The molecule has 2 atom stereocenters. The number of nitrogens with one attached hydrogen (secondary N) is 1. The van der Waals surface area contributed by atoms with Gasteiger partial charge in [0, 0.05) is 11.8 Å². The lowest BCUT2D eigenvalue weighted by Crippen LogP contribution is -2.44. The van der Waals surface area contributed by atoms with Crippen molar-refractivity contribution < 1.29 is 22.9 Å². The molecule has 1 rings (SSSR count). The number of hydrogen-bond acceptors (Lipinski definition) is 4. The topological polar surface area (TPSA) is 72.5 Å². The van der Waals surface area contributed by atoms with Gasteiger partial charge in [-0.25, -0.2) is 9.18 Å². The van der Waals surface area contributed by atoms with E-state index in [9.17, 15) is 18.2 Å². The van der Waals surface area contributed by atoms with Crippen molar-refractivity contribution in [3.63, 3.8) is 0 Å². The minimum absolute atomic E-state index is 0.162. The second-order valence-electron chi connectivity index (χ2n) is 3.86. The first kappa shape index (κ1) is 16.6. The average molecular weight is 322 g/mol. The third kappa shape index (κ3) is 4.57. The van der Waals surface area contributed by atoms with Gasteiger partial charge in [-0.3, -0.25) is 9.00 Å². The molecule has 0 spiro atoms. The standard InChI is InChI=1S/C12H13ClFNO4S/c1-7(16)15-11(12(17)19-2)6-20(18)8-3-4-10(14)9(13)5-8/h3-5,11H,6H2,1-2H3,(H,15,16). The molecule has 0 aliphatic rings. The first-order valence-electron chi connectivity index (χ1n) is 5.53. The van der Waals surface area contributed by atoms with E-state index < -0.39 is 34.5 Å². The van der Waals surface area contributed by atoms with Crippen LogP contribution >= 0.6 is 11.6 Å². The number of methoxy groups -OCH3 is 1. The fourth-order valence-electron chi connectivity index (χ4n) is 1.42. The molecule has 0 aliphatic heterocycles. The normalized spacial score (nSPS) is 13.4. The Labute approximate surface area is 122 Å². The first-order chi connectivity index (χ1) is 9.35. The molecule has 0 radical (unpaired) electrons. The third-order valence-electron chi connectivity index (χ3n) is 2.34. The van der Waals surface area contributed by atoms with Crippen LogP contribution in [0.2, 0.25) is 5.02 Å². The Hall–Kier alpha value is -1.47. The van der Waals surface area contributed by atoms with Gasteiger partial charge in [0.2, 0.25) is 5.91 Å². The summed E-state index contributed by atoms with van der Waals surface area (Å²) in [4.78, 5) is 22.7. The quantitative estimate of drug-likeness (QED) is 0.829. The fourth-order valence-corrected chi connectivity index (χ4v) is 2.85. The molecule has 0 saturated carbocycles. The maximum absolute atomic E-state index is 13.0. The molecule has 0 saturated heterocycles. The third-order valence-corrected chi connectivity index (χ3v) is 4.04. The van der Waals surface area contributed by atoms with Crippen molar-refractivity contribution in [1.29, 1.82) is 0 Å². The second-order valence-corrected chi connectivity index (χ2v) is 5.77. The van der Waals surface area contributed by atoms with Crippen molar-refractivity contribution in [2.45, 2.75) is 17.9 Å². The molecule has 0 bridgehead atoms. The summed E-state index contributed by atoms with van der Waals surface area (Å²) in [6.45, 7) is 1.23. The summed E-state index contributed by atoms with van der Waals surface area (Å²) in [5, 5.41) is 2.18. The van der Waals surface area contributed by atoms with Gasteiger partial charge in [0.05, 0.1) is 28.7 Å². The van der Waals surface area contributed by atoms with Gasteiger partial charge < -0.3 is 10.1 Å². The molecule has 1 N–H and O–H groups in total. The van der Waals surface area contributed by atoms with Crippen LogP contribution in [-0.4, -0.2) is 35.0 Å². The number of carbonyl (C=O) groups is 2. The van der Waals surface area contributed by atoms with Crippen molar-refractivity contribution in [1.82, 2.24) is 5.32 Å². The Morgan fingerprint density at radius 3 is 2.65 bits per heavy atom. The molecular weight excluding hydrogens is 309 g/mol. The van der Waals surface area contributed by atoms with Crippen molar-refractivity contribution in [2.75, 3.05) is 12.9 Å². The highest BCUT2D eigenvalue weighted by Crippen LogP contribution is 2.18. The smallest absolute Gasteiger partial charge is 0.329 e. The number of ether oxygens (including phenoxy) is 1. The maximum atomic E-state index is 13.0. The van der Waals surface area contributed by atoms with Gasteiger partial charge >= 0.3 is 5.97 Å². The van der Waals surface area contributed by atoms with Crippen LogP contribution in [0.4, 0.5) is 4.39 Å². The summed E-state index contributed by atoms with van der Waals surface area (Å²) in [6, 6.07) is 2.57. The molecule has 0 fully saturated rings. The summed E-state index contributed by atoms with van der Waals surface area (Å²) >= 11 is 5.60. The van der Waals surface area contributed by atoms with Crippen molar-refractivity contribution in [3.8, 4) is 0 Å². The zero-order chi connectivity index (χ0) is 15.3. The predicted molar refractivity (Wildman–Crippen MR) is 72.3 cm³/mol. The SMILES string of the molecule is COC(=O)C(CS(=O)c1ccc(F)c(Cl)c1)NC(C)=O. The molecule has 110 valence electrons. The molecule has 0 heterocycles. The molecule has 0 aromatic heterocycles. The highest BCUT2D eigenvalue weighted by Gasteiger charge is 2.23. The molecule has 5 nitrogen and oxygen atoms in total. The number of amides is 1. The minimum atomic E-state index is -1.64. The Balaban J connectivity index is 2.86. The van der Waals surface area contributed by atoms with E-state index in [0.717, 1.165) is 13.2 Å². The molecule has 1 amide bonds. The Morgan fingerprint density at radius 2 is 2.15 bits per heavy atom. The monoisotopic (exact) mass is 321 g/mol. The molecular formula is C12H13ClFNO4S. The van der Waals surface area contributed by atoms with E-state index in [1.807, 2.05) is 0 Å². The lowest BCUT2D eigenvalue weighted by atomic mass is 10.3. The van der Waals surface area contributed by atoms with Gasteiger partial charge in [-0.15, -0.1) is 0 Å². The summed E-state index contributed by atoms with van der Waals surface area (Å²) < 4.78 is 29.6. The van der Waals surface area contributed by atoms with Crippen LogP contribution in [0, 0.1) is 5.82 Å². The van der Waals surface area contributed by atoms with Gasteiger partial charge in [-0.05, 0) is 18.2 Å². The second kappa shape index (κ2) is 7.35. The number of carbonyl (C=O) groups excluding carboxylic acids is 2. The van der Waals surface area contributed by atoms with Crippen molar-refractivity contribution in [3.05, 3.63) is 29.0 Å². The number of benzene rings is 1. The number of rotatable bonds is 5. The van der Waals surface area contributed by atoms with Crippen molar-refractivity contribution >= 4 is 34.3 Å². The van der Waals surface area contributed by atoms with Crippen LogP contribution in [0.1, 0.15) is 6.92 Å². The van der Waals surface area contributed by atoms with Crippen LogP contribution in [0.5, 0.6) is 0 Å². The molecule has 1 aromatic rings. The number of esters is 1. The van der Waals surface area contributed by atoms with E-state index in [4.69, 9.17) is 11.6 Å². The highest BCUT2D eigenvalue weighted by molar-refractivity contribution is 7.85. The largest absolute Gasteiger partial charge is 0.467 e. The van der Waals surface area contributed by atoms with Gasteiger partial charge in [-0.1, -0.05) is 11.6 Å². The van der Waals surface area contributed by atoms with E-state index in [1.54, 1.807) is 0 Å². The average Bonchev–Trinajstić information content (AvgIpc) is 2.39. The Morgan fingerprint density at radius 1 is 1.50 bits per heavy atom. The zero-order valence-electron chi connectivity index (χ0n) is 10.8. The van der Waals surface area contributed by atoms with E-state index in [2.05, 4.69) is 10.1 Å². The minimum Gasteiger partial charge on any atom is -0.467 e. The van der Waals surface area contributed by atoms with E-state index in [-0.39, 0.29) is 15.7 Å². The van der Waals surface area contributed by atoms with Crippen LogP contribution < -0.4 is 5.32 Å². The van der Waals surface area contributed by atoms with Gasteiger partial charge in [0.15, 0.2) is 0 Å². The highest BCUT2D eigenvalue weighted by atomic mass is 35.5. The molecule has 1 aromatic carbocycles. The summed E-state index contributed by atoms with van der Waals surface area (Å²) in [7, 11) is -0.476. The van der Waals surface area contributed by atoms with Gasteiger partial charge in [0.1, 0.15) is 11.9 Å². The number of halogens is 2. The van der Waals surface area contributed by atoms with Gasteiger partial charge in [-0.2, -0.15) is 0 Å². The Kier molecular flexibility index (Phi) is 6.09. The van der Waals surface area contributed by atoms with E-state index in [0.29, 0.717) is 0 Å². The number of hydrogen-bond donors (Lipinski definition) is 1. The summed E-state index contributed by atoms with van der Waals surface area (Å²) in [5.41, 5.74) is 0. The van der Waals surface area contributed by atoms with Crippen LogP contribution in [0.3, 0.4) is 0 Å². The molecule has 20 heavy (non-hydrogen) atoms. The maximum Gasteiger partial charge on any atom is 0.329 e. The van der Waals surface area contributed by atoms with Crippen LogP contribution in [0.15, 0.2) is 23.1 Å². The fraction of sp³-hybridized carbons (Fsp3) is 0.333. The molecule has 8 heteroatoms. The lowest BCUT2D eigenvalue weighted by Gasteiger charge is -2.15. The van der Waals surface area contributed by atoms with Crippen LogP contribution in [0.25, 0.3) is 0 Å². The van der Waals surface area contributed by atoms with Crippen LogP contribution in [-0.2, 0) is 25.1 Å². The lowest BCUT2D eigenvalue weighted by molar-refractivity contribution is -0.144. The Bertz CT molecular complexity index is 552. The molecule has 2 unspecified atom stereocenters. The first-order valence-corrected chi connectivity index (χ1v) is 7.23. The zero-order valence-corrected chi connectivity index (χ0v) is 12.4. The van der Waals surface area contributed by atoms with E-state index in [1.165, 1.54) is 19.1 Å². The van der Waals surface area contributed by atoms with Gasteiger partial charge in [0.25, 0.3) is 0 Å². The summed E-state index contributed by atoms with van der Waals surface area (Å²) in [5.74, 6) is -1.97.